The molecule has 1 saturated heterocycles. The summed E-state index contributed by atoms with van der Waals surface area (Å²) in [5.41, 5.74) is 1.04. The highest BCUT2D eigenvalue weighted by Crippen LogP contribution is 2.38. The van der Waals surface area contributed by atoms with Crippen LogP contribution in [0.5, 0.6) is 5.75 Å². The summed E-state index contributed by atoms with van der Waals surface area (Å²) in [6.07, 6.45) is 2.20. The highest BCUT2D eigenvalue weighted by Gasteiger charge is 2.25. The van der Waals surface area contributed by atoms with Crippen molar-refractivity contribution in [1.29, 1.82) is 0 Å². The Balaban J connectivity index is 1.52. The third-order valence-electron chi connectivity index (χ3n) is 5.00. The molecule has 1 amide bonds. The monoisotopic (exact) mass is 389 g/mol. The number of hydrogen-bond acceptors (Lipinski definition) is 6. The van der Waals surface area contributed by atoms with Crippen molar-refractivity contribution in [3.05, 3.63) is 22.5 Å². The Morgan fingerprint density at radius 2 is 2.31 bits per heavy atom. The summed E-state index contributed by atoms with van der Waals surface area (Å²) in [4.78, 5) is 21.4. The van der Waals surface area contributed by atoms with Gasteiger partial charge in [-0.3, -0.25) is 4.79 Å². The zero-order chi connectivity index (χ0) is 18.3. The smallest absolute Gasteiger partial charge is 0.260 e. The number of aryl methyl sites for hydroxylation is 1. The van der Waals surface area contributed by atoms with Crippen molar-refractivity contribution in [1.82, 2.24) is 14.8 Å². The van der Waals surface area contributed by atoms with Crippen molar-refractivity contribution >= 4 is 48.9 Å². The van der Waals surface area contributed by atoms with Gasteiger partial charge in [0.1, 0.15) is 5.75 Å². The standard InChI is InChI=1S/C19H23N3O2S2/c1-12-20-18-16(26-12)9-15(14-6-8-25-19(14)18)24-11-17(23)22-7-4-5-13(10-22)21(2)3/h6,8-9,13H,4-5,7,10-11H2,1-3H3. The molecule has 0 saturated carbocycles. The van der Waals surface area contributed by atoms with Crippen LogP contribution in [0.25, 0.3) is 20.3 Å². The van der Waals surface area contributed by atoms with Crippen LogP contribution < -0.4 is 4.74 Å². The van der Waals surface area contributed by atoms with E-state index in [1.54, 1.807) is 22.7 Å². The third-order valence-corrected chi connectivity index (χ3v) is 6.84. The molecule has 26 heavy (non-hydrogen) atoms. The van der Waals surface area contributed by atoms with Gasteiger partial charge in [0.25, 0.3) is 5.91 Å². The maximum absolute atomic E-state index is 12.7. The molecule has 0 spiro atoms. The number of thiazole rings is 1. The molecule has 138 valence electrons. The molecule has 7 heteroatoms. The SMILES string of the molecule is Cc1nc2c(cc(OCC(=O)N3CCCC(N(C)C)C3)c3ccsc32)s1. The zero-order valence-corrected chi connectivity index (χ0v) is 17.0. The molecule has 2 aromatic heterocycles. The number of fused-ring (bicyclic) bond motifs is 3. The van der Waals surface area contributed by atoms with Gasteiger partial charge in [-0.2, -0.15) is 0 Å². The van der Waals surface area contributed by atoms with E-state index < -0.39 is 0 Å². The molecule has 0 bridgehead atoms. The van der Waals surface area contributed by atoms with Gasteiger partial charge < -0.3 is 14.5 Å². The van der Waals surface area contributed by atoms with Crippen LogP contribution in [0.15, 0.2) is 17.5 Å². The highest BCUT2D eigenvalue weighted by molar-refractivity contribution is 7.21. The van der Waals surface area contributed by atoms with Gasteiger partial charge in [0.2, 0.25) is 0 Å². The number of benzene rings is 1. The summed E-state index contributed by atoms with van der Waals surface area (Å²) >= 11 is 3.34. The molecule has 3 aromatic rings. The van der Waals surface area contributed by atoms with Crippen LogP contribution in [0.4, 0.5) is 0 Å². The van der Waals surface area contributed by atoms with E-state index in [9.17, 15) is 4.79 Å². The van der Waals surface area contributed by atoms with E-state index in [1.165, 1.54) is 0 Å². The molecule has 0 radical (unpaired) electrons. The van der Waals surface area contributed by atoms with E-state index in [1.807, 2.05) is 17.9 Å². The number of likely N-dealkylation sites (tertiary alicyclic amines) is 1. The van der Waals surface area contributed by atoms with Crippen molar-refractivity contribution in [2.75, 3.05) is 33.8 Å². The van der Waals surface area contributed by atoms with Gasteiger partial charge in [0.05, 0.1) is 19.9 Å². The minimum Gasteiger partial charge on any atom is -0.483 e. The quantitative estimate of drug-likeness (QED) is 0.682. The second-order valence-corrected chi connectivity index (χ2v) is 9.16. The molecule has 0 N–H and O–H groups in total. The number of carbonyl (C=O) groups excluding carboxylic acids is 1. The number of aromatic nitrogens is 1. The first-order chi connectivity index (χ1) is 12.5. The number of likely N-dealkylation sites (N-methyl/N-ethyl adjacent to an activating group) is 1. The molecule has 1 unspecified atom stereocenters. The van der Waals surface area contributed by atoms with Crippen molar-refractivity contribution in [3.8, 4) is 5.75 Å². The summed E-state index contributed by atoms with van der Waals surface area (Å²) in [5, 5.41) is 4.15. The van der Waals surface area contributed by atoms with Gasteiger partial charge in [-0.15, -0.1) is 22.7 Å². The lowest BCUT2D eigenvalue weighted by Gasteiger charge is -2.36. The number of amides is 1. The number of hydrogen-bond donors (Lipinski definition) is 0. The Morgan fingerprint density at radius 3 is 3.12 bits per heavy atom. The molecule has 0 aliphatic carbocycles. The first-order valence-electron chi connectivity index (χ1n) is 8.87. The van der Waals surface area contributed by atoms with Crippen LogP contribution in [0.1, 0.15) is 17.8 Å². The summed E-state index contributed by atoms with van der Waals surface area (Å²) < 4.78 is 8.24. The average Bonchev–Trinajstić information content (AvgIpc) is 3.25. The minimum atomic E-state index is 0.0699. The molecule has 1 fully saturated rings. The van der Waals surface area contributed by atoms with Crippen LogP contribution in [0.3, 0.4) is 0 Å². The number of nitrogens with zero attached hydrogens (tertiary/aromatic N) is 3. The fourth-order valence-corrected chi connectivity index (χ4v) is 5.37. The predicted octanol–water partition coefficient (Wildman–Crippen LogP) is 3.75. The second kappa shape index (κ2) is 7.13. The van der Waals surface area contributed by atoms with E-state index in [0.29, 0.717) is 6.04 Å². The molecular weight excluding hydrogens is 366 g/mol. The first kappa shape index (κ1) is 17.7. The zero-order valence-electron chi connectivity index (χ0n) is 15.3. The van der Waals surface area contributed by atoms with Crippen LogP contribution in [-0.4, -0.2) is 60.5 Å². The molecule has 1 aromatic carbocycles. The fourth-order valence-electron chi connectivity index (χ4n) is 3.54. The maximum Gasteiger partial charge on any atom is 0.260 e. The number of ether oxygens (including phenoxy) is 1. The lowest BCUT2D eigenvalue weighted by molar-refractivity contribution is -0.135. The molecule has 5 nitrogen and oxygen atoms in total. The largest absolute Gasteiger partial charge is 0.483 e. The van der Waals surface area contributed by atoms with Gasteiger partial charge in [-0.25, -0.2) is 4.98 Å². The molecular formula is C19H23N3O2S2. The molecule has 1 atom stereocenters. The van der Waals surface area contributed by atoms with E-state index >= 15 is 0 Å². The Hall–Kier alpha value is -1.70. The lowest BCUT2D eigenvalue weighted by Crippen LogP contribution is -2.48. The predicted molar refractivity (Wildman–Crippen MR) is 109 cm³/mol. The Labute approximate surface area is 161 Å². The van der Waals surface area contributed by atoms with Crippen LogP contribution in [0.2, 0.25) is 0 Å². The number of piperidine rings is 1. The average molecular weight is 390 g/mol. The van der Waals surface area contributed by atoms with Gasteiger partial charge in [0, 0.05) is 30.6 Å². The summed E-state index contributed by atoms with van der Waals surface area (Å²) in [6, 6.07) is 4.52. The van der Waals surface area contributed by atoms with E-state index in [2.05, 4.69) is 35.4 Å². The Morgan fingerprint density at radius 1 is 1.46 bits per heavy atom. The number of rotatable bonds is 4. The van der Waals surface area contributed by atoms with Crippen LogP contribution >= 0.6 is 22.7 Å². The summed E-state index contributed by atoms with van der Waals surface area (Å²) in [5.74, 6) is 0.854. The Bertz CT molecular complexity index is 947. The topological polar surface area (TPSA) is 45.7 Å². The second-order valence-electron chi connectivity index (χ2n) is 7.01. The number of thiophene rings is 1. The van der Waals surface area contributed by atoms with Crippen LogP contribution in [-0.2, 0) is 4.79 Å². The Kier molecular flexibility index (Phi) is 4.86. The summed E-state index contributed by atoms with van der Waals surface area (Å²) in [6.45, 7) is 3.73. The van der Waals surface area contributed by atoms with E-state index in [0.717, 1.165) is 57.0 Å². The van der Waals surface area contributed by atoms with E-state index in [-0.39, 0.29) is 12.5 Å². The fraction of sp³-hybridized carbons (Fsp3) is 0.474. The molecule has 1 aliphatic heterocycles. The van der Waals surface area contributed by atoms with E-state index in [4.69, 9.17) is 4.74 Å². The highest BCUT2D eigenvalue weighted by atomic mass is 32.1. The van der Waals surface area contributed by atoms with Crippen molar-refractivity contribution < 1.29 is 9.53 Å². The minimum absolute atomic E-state index is 0.0699. The van der Waals surface area contributed by atoms with Crippen LogP contribution in [0, 0.1) is 6.92 Å². The normalized spacial score (nSPS) is 18.2. The molecule has 1 aliphatic rings. The molecule has 4 rings (SSSR count). The van der Waals surface area contributed by atoms with Gasteiger partial charge in [0.15, 0.2) is 6.61 Å². The van der Waals surface area contributed by atoms with Crippen molar-refractivity contribution in [2.24, 2.45) is 0 Å². The number of carbonyl (C=O) groups is 1. The summed E-state index contributed by atoms with van der Waals surface area (Å²) in [7, 11) is 4.16. The van der Waals surface area contributed by atoms with Gasteiger partial charge in [-0.1, -0.05) is 0 Å². The van der Waals surface area contributed by atoms with Gasteiger partial charge in [-0.05, 0) is 45.3 Å². The van der Waals surface area contributed by atoms with Crippen molar-refractivity contribution in [3.63, 3.8) is 0 Å². The molecule has 3 heterocycles. The van der Waals surface area contributed by atoms with Gasteiger partial charge >= 0.3 is 0 Å². The lowest BCUT2D eigenvalue weighted by atomic mass is 10.1. The third kappa shape index (κ3) is 3.31. The van der Waals surface area contributed by atoms with Crippen molar-refractivity contribution in [2.45, 2.75) is 25.8 Å². The first-order valence-corrected chi connectivity index (χ1v) is 10.6. The maximum atomic E-state index is 12.7.